The maximum atomic E-state index is 13.7. The minimum absolute atomic E-state index is 0.0166. The molecule has 0 spiro atoms. The number of sulfonamides is 1. The van der Waals surface area contributed by atoms with Crippen LogP contribution in [0.25, 0.3) is 0 Å². The van der Waals surface area contributed by atoms with E-state index < -0.39 is 45.3 Å². The lowest BCUT2D eigenvalue weighted by atomic mass is 9.93. The van der Waals surface area contributed by atoms with Gasteiger partial charge >= 0.3 is 11.9 Å². The Balaban J connectivity index is 2.30. The van der Waals surface area contributed by atoms with Gasteiger partial charge in [0.15, 0.2) is 0 Å². The average molecular weight is 345 g/mol. The summed E-state index contributed by atoms with van der Waals surface area (Å²) in [6, 6.07) is 2.07. The van der Waals surface area contributed by atoms with Crippen molar-refractivity contribution in [2.24, 2.45) is 5.92 Å². The number of carbonyl (C=O) groups is 2. The number of halogens is 1. The SMILES string of the molecule is C[C@@H]1C[C@H](C(=O)O)CCN1S(=O)(=O)c1ccc(C(=O)O)c(F)c1. The Morgan fingerprint density at radius 1 is 1.30 bits per heavy atom. The predicted molar refractivity (Wildman–Crippen MR) is 77.1 cm³/mol. The zero-order valence-electron chi connectivity index (χ0n) is 12.3. The molecule has 23 heavy (non-hydrogen) atoms. The van der Waals surface area contributed by atoms with Crippen molar-refractivity contribution in [1.29, 1.82) is 0 Å². The molecule has 7 nitrogen and oxygen atoms in total. The predicted octanol–water partition coefficient (Wildman–Crippen LogP) is 1.40. The van der Waals surface area contributed by atoms with Gasteiger partial charge in [0.25, 0.3) is 0 Å². The summed E-state index contributed by atoms with van der Waals surface area (Å²) in [7, 11) is -4.02. The van der Waals surface area contributed by atoms with Gasteiger partial charge in [-0.2, -0.15) is 4.31 Å². The number of piperidine rings is 1. The summed E-state index contributed by atoms with van der Waals surface area (Å²) in [5.74, 6) is -4.19. The lowest BCUT2D eigenvalue weighted by Crippen LogP contribution is -2.45. The van der Waals surface area contributed by atoms with Crippen LogP contribution in [0.5, 0.6) is 0 Å². The first-order valence-corrected chi connectivity index (χ1v) is 8.36. The van der Waals surface area contributed by atoms with Gasteiger partial charge in [-0.3, -0.25) is 4.79 Å². The van der Waals surface area contributed by atoms with E-state index in [9.17, 15) is 22.4 Å². The monoisotopic (exact) mass is 345 g/mol. The van der Waals surface area contributed by atoms with Crippen LogP contribution in [0, 0.1) is 11.7 Å². The quantitative estimate of drug-likeness (QED) is 0.853. The topological polar surface area (TPSA) is 112 Å². The van der Waals surface area contributed by atoms with Crippen LogP contribution in [0.15, 0.2) is 23.1 Å². The molecule has 1 aliphatic heterocycles. The summed E-state index contributed by atoms with van der Waals surface area (Å²) in [6.45, 7) is 1.61. The number of hydrogen-bond donors (Lipinski definition) is 2. The van der Waals surface area contributed by atoms with Gasteiger partial charge in [-0.05, 0) is 38.0 Å². The van der Waals surface area contributed by atoms with Gasteiger partial charge in [-0.1, -0.05) is 0 Å². The maximum Gasteiger partial charge on any atom is 0.338 e. The van der Waals surface area contributed by atoms with E-state index in [1.807, 2.05) is 0 Å². The highest BCUT2D eigenvalue weighted by molar-refractivity contribution is 7.89. The summed E-state index contributed by atoms with van der Waals surface area (Å²) in [5.41, 5.74) is -0.610. The summed E-state index contributed by atoms with van der Waals surface area (Å²) in [6.07, 6.45) is 0.346. The molecule has 0 aromatic heterocycles. The van der Waals surface area contributed by atoms with Crippen molar-refractivity contribution in [3.63, 3.8) is 0 Å². The van der Waals surface area contributed by atoms with Crippen LogP contribution in [0.4, 0.5) is 4.39 Å². The second kappa shape index (κ2) is 6.25. The van der Waals surface area contributed by atoms with Crippen molar-refractivity contribution in [2.45, 2.75) is 30.7 Å². The molecule has 2 atom stereocenters. The van der Waals surface area contributed by atoms with Crippen LogP contribution in [0.1, 0.15) is 30.1 Å². The second-order valence-electron chi connectivity index (χ2n) is 5.47. The van der Waals surface area contributed by atoms with E-state index in [0.717, 1.165) is 16.4 Å². The molecule has 1 aliphatic rings. The molecule has 1 aromatic carbocycles. The third-order valence-electron chi connectivity index (χ3n) is 3.94. The Kier molecular flexibility index (Phi) is 4.71. The highest BCUT2D eigenvalue weighted by Crippen LogP contribution is 2.29. The number of nitrogens with zero attached hydrogens (tertiary/aromatic N) is 1. The molecule has 126 valence electrons. The van der Waals surface area contributed by atoms with E-state index in [4.69, 9.17) is 10.2 Å². The molecule has 1 aromatic rings. The zero-order valence-corrected chi connectivity index (χ0v) is 13.1. The minimum Gasteiger partial charge on any atom is -0.481 e. The number of carboxylic acid groups (broad SMARTS) is 2. The Morgan fingerprint density at radius 3 is 2.43 bits per heavy atom. The number of hydrogen-bond acceptors (Lipinski definition) is 4. The van der Waals surface area contributed by atoms with Crippen molar-refractivity contribution >= 4 is 22.0 Å². The van der Waals surface area contributed by atoms with Gasteiger partial charge < -0.3 is 10.2 Å². The third kappa shape index (κ3) is 3.35. The molecule has 0 unspecified atom stereocenters. The van der Waals surface area contributed by atoms with Gasteiger partial charge in [0.1, 0.15) is 5.82 Å². The van der Waals surface area contributed by atoms with Crippen molar-refractivity contribution in [2.75, 3.05) is 6.54 Å². The van der Waals surface area contributed by atoms with Crippen LogP contribution in [-0.4, -0.2) is 47.5 Å². The van der Waals surface area contributed by atoms with Crippen molar-refractivity contribution in [1.82, 2.24) is 4.31 Å². The molecular weight excluding hydrogens is 329 g/mol. The first-order chi connectivity index (χ1) is 10.6. The fourth-order valence-corrected chi connectivity index (χ4v) is 4.37. The molecule has 1 heterocycles. The number of benzene rings is 1. The Bertz CT molecular complexity index is 748. The summed E-state index contributed by atoms with van der Waals surface area (Å²) in [5, 5.41) is 17.8. The lowest BCUT2D eigenvalue weighted by Gasteiger charge is -2.35. The smallest absolute Gasteiger partial charge is 0.338 e. The van der Waals surface area contributed by atoms with E-state index in [0.29, 0.717) is 6.07 Å². The fourth-order valence-electron chi connectivity index (χ4n) is 2.70. The average Bonchev–Trinajstić information content (AvgIpc) is 2.46. The third-order valence-corrected chi connectivity index (χ3v) is 5.95. The number of aliphatic carboxylic acids is 1. The molecule has 0 bridgehead atoms. The van der Waals surface area contributed by atoms with E-state index in [1.54, 1.807) is 6.92 Å². The molecule has 0 saturated carbocycles. The molecule has 2 N–H and O–H groups in total. The van der Waals surface area contributed by atoms with E-state index in [2.05, 4.69) is 0 Å². The van der Waals surface area contributed by atoms with Crippen LogP contribution in [-0.2, 0) is 14.8 Å². The first kappa shape index (κ1) is 17.4. The summed E-state index contributed by atoms with van der Waals surface area (Å²) < 4.78 is 40.0. The van der Waals surface area contributed by atoms with Gasteiger partial charge in [0.05, 0.1) is 16.4 Å². The van der Waals surface area contributed by atoms with E-state index in [-0.39, 0.29) is 24.3 Å². The fraction of sp³-hybridized carbons (Fsp3) is 0.429. The molecule has 1 saturated heterocycles. The highest BCUT2D eigenvalue weighted by Gasteiger charge is 2.37. The van der Waals surface area contributed by atoms with E-state index in [1.165, 1.54) is 0 Å². The van der Waals surface area contributed by atoms with Crippen molar-refractivity contribution in [3.8, 4) is 0 Å². The normalized spacial score (nSPS) is 22.7. The zero-order chi connectivity index (χ0) is 17.4. The molecule has 0 radical (unpaired) electrons. The van der Waals surface area contributed by atoms with Crippen LogP contribution >= 0.6 is 0 Å². The standard InChI is InChI=1S/C14H16FNO6S/c1-8-6-9(13(17)18)4-5-16(8)23(21,22)10-2-3-11(14(19)20)12(15)7-10/h2-3,7-9H,4-6H2,1H3,(H,17,18)(H,19,20)/t8-,9-/m1/s1. The van der Waals surface area contributed by atoms with Gasteiger partial charge in [-0.25, -0.2) is 17.6 Å². The van der Waals surface area contributed by atoms with Gasteiger partial charge in [-0.15, -0.1) is 0 Å². The maximum absolute atomic E-state index is 13.7. The summed E-state index contributed by atoms with van der Waals surface area (Å²) in [4.78, 5) is 21.4. The van der Waals surface area contributed by atoms with Crippen LogP contribution < -0.4 is 0 Å². The Hall–Kier alpha value is -2.00. The van der Waals surface area contributed by atoms with E-state index >= 15 is 0 Å². The molecule has 9 heteroatoms. The molecule has 0 aliphatic carbocycles. The number of carboxylic acids is 2. The Labute approximate surface area is 132 Å². The first-order valence-electron chi connectivity index (χ1n) is 6.92. The largest absolute Gasteiger partial charge is 0.481 e. The van der Waals surface area contributed by atoms with Crippen LogP contribution in [0.2, 0.25) is 0 Å². The molecule has 2 rings (SSSR count). The summed E-state index contributed by atoms with van der Waals surface area (Å²) >= 11 is 0. The van der Waals surface area contributed by atoms with Crippen molar-refractivity contribution in [3.05, 3.63) is 29.6 Å². The highest BCUT2D eigenvalue weighted by atomic mass is 32.2. The van der Waals surface area contributed by atoms with Gasteiger partial charge in [0, 0.05) is 12.6 Å². The number of aromatic carboxylic acids is 1. The number of rotatable bonds is 4. The van der Waals surface area contributed by atoms with Gasteiger partial charge in [0.2, 0.25) is 10.0 Å². The van der Waals surface area contributed by atoms with Crippen LogP contribution in [0.3, 0.4) is 0 Å². The molecule has 1 fully saturated rings. The molecular formula is C14H16FNO6S. The van der Waals surface area contributed by atoms with Crippen molar-refractivity contribution < 1.29 is 32.6 Å². The molecule has 0 amide bonds. The second-order valence-corrected chi connectivity index (χ2v) is 7.36. The minimum atomic E-state index is -4.02. The lowest BCUT2D eigenvalue weighted by molar-refractivity contribution is -0.143. The Morgan fingerprint density at radius 2 is 1.96 bits per heavy atom.